The number of rotatable bonds is 9. The van der Waals surface area contributed by atoms with Crippen molar-refractivity contribution in [2.24, 2.45) is 0 Å². The summed E-state index contributed by atoms with van der Waals surface area (Å²) in [4.78, 5) is 14.0. The van der Waals surface area contributed by atoms with E-state index in [-0.39, 0.29) is 12.5 Å². The zero-order valence-corrected chi connectivity index (χ0v) is 12.5. The van der Waals surface area contributed by atoms with Crippen molar-refractivity contribution in [1.29, 1.82) is 5.26 Å². The van der Waals surface area contributed by atoms with Crippen molar-refractivity contribution in [2.75, 3.05) is 32.1 Å². The van der Waals surface area contributed by atoms with Gasteiger partial charge in [-0.05, 0) is 45.0 Å². The van der Waals surface area contributed by atoms with Gasteiger partial charge in [0.25, 0.3) is 0 Å². The number of nitrogens with one attached hydrogen (secondary N) is 1. The van der Waals surface area contributed by atoms with Crippen LogP contribution >= 0.6 is 0 Å². The van der Waals surface area contributed by atoms with Gasteiger partial charge in [0.2, 0.25) is 5.91 Å². The minimum atomic E-state index is -0.0834. The van der Waals surface area contributed by atoms with E-state index in [1.165, 1.54) is 0 Å². The second kappa shape index (κ2) is 9.92. The van der Waals surface area contributed by atoms with E-state index in [0.29, 0.717) is 24.2 Å². The smallest absolute Gasteiger partial charge is 0.225 e. The van der Waals surface area contributed by atoms with Crippen LogP contribution < -0.4 is 5.32 Å². The van der Waals surface area contributed by atoms with Gasteiger partial charge in [-0.15, -0.1) is 0 Å². The second-order valence-electron chi connectivity index (χ2n) is 5.04. The number of nitrogens with zero attached hydrogens (tertiary/aromatic N) is 2. The van der Waals surface area contributed by atoms with Gasteiger partial charge in [0.1, 0.15) is 6.07 Å². The molecule has 0 spiro atoms. The van der Waals surface area contributed by atoms with Gasteiger partial charge in [-0.3, -0.25) is 4.79 Å². The van der Waals surface area contributed by atoms with Crippen LogP contribution in [0.3, 0.4) is 0 Å². The van der Waals surface area contributed by atoms with Crippen LogP contribution in [-0.2, 0) is 4.79 Å². The van der Waals surface area contributed by atoms with Crippen molar-refractivity contribution in [3.63, 3.8) is 0 Å². The average Bonchev–Trinajstić information content (AvgIpc) is 2.50. The van der Waals surface area contributed by atoms with Crippen molar-refractivity contribution in [3.8, 4) is 6.07 Å². The number of anilines is 1. The highest BCUT2D eigenvalue weighted by Crippen LogP contribution is 2.13. The molecule has 5 heteroatoms. The Labute approximate surface area is 126 Å². The Morgan fingerprint density at radius 2 is 2.05 bits per heavy atom. The van der Waals surface area contributed by atoms with E-state index >= 15 is 0 Å². The highest BCUT2D eigenvalue weighted by Gasteiger charge is 2.07. The van der Waals surface area contributed by atoms with Crippen LogP contribution in [0.15, 0.2) is 24.3 Å². The first-order chi connectivity index (χ1) is 10.2. The number of nitriles is 1. The maximum absolute atomic E-state index is 11.9. The largest absolute Gasteiger partial charge is 0.396 e. The van der Waals surface area contributed by atoms with Gasteiger partial charge in [-0.25, -0.2) is 0 Å². The average molecular weight is 289 g/mol. The first-order valence-electron chi connectivity index (χ1n) is 7.25. The zero-order valence-electron chi connectivity index (χ0n) is 12.5. The van der Waals surface area contributed by atoms with E-state index < -0.39 is 0 Å². The molecule has 1 rings (SSSR count). The number of unbranched alkanes of at least 4 members (excludes halogenated alkanes) is 2. The molecule has 5 nitrogen and oxygen atoms in total. The van der Waals surface area contributed by atoms with Crippen LogP contribution in [0.5, 0.6) is 0 Å². The first kappa shape index (κ1) is 17.2. The lowest BCUT2D eigenvalue weighted by Crippen LogP contribution is -2.25. The number of para-hydroxylation sites is 1. The fraction of sp³-hybridized carbons (Fsp3) is 0.500. The second-order valence-corrected chi connectivity index (χ2v) is 5.04. The lowest BCUT2D eigenvalue weighted by Gasteiger charge is -2.16. The summed E-state index contributed by atoms with van der Waals surface area (Å²) in [7, 11) is 1.98. The molecule has 0 aliphatic heterocycles. The molecule has 0 atom stereocenters. The number of benzene rings is 1. The molecule has 0 aliphatic carbocycles. The number of carbonyl (C=O) groups excluding carboxylic acids is 1. The minimum Gasteiger partial charge on any atom is -0.396 e. The van der Waals surface area contributed by atoms with Crippen molar-refractivity contribution < 1.29 is 9.90 Å². The molecule has 0 aliphatic rings. The van der Waals surface area contributed by atoms with Crippen LogP contribution in [-0.4, -0.2) is 42.7 Å². The summed E-state index contributed by atoms with van der Waals surface area (Å²) in [5, 5.41) is 20.4. The quantitative estimate of drug-likeness (QED) is 0.682. The maximum atomic E-state index is 11.9. The summed E-state index contributed by atoms with van der Waals surface area (Å²) >= 11 is 0. The summed E-state index contributed by atoms with van der Waals surface area (Å²) in [6, 6.07) is 9.04. The number of hydrogen-bond donors (Lipinski definition) is 2. The normalized spacial score (nSPS) is 10.4. The van der Waals surface area contributed by atoms with E-state index in [1.54, 1.807) is 24.3 Å². The van der Waals surface area contributed by atoms with Gasteiger partial charge in [-0.2, -0.15) is 5.26 Å². The number of amides is 1. The van der Waals surface area contributed by atoms with Crippen LogP contribution in [0.1, 0.15) is 31.2 Å². The Kier molecular flexibility index (Phi) is 8.10. The highest BCUT2D eigenvalue weighted by atomic mass is 16.2. The van der Waals surface area contributed by atoms with E-state index in [2.05, 4.69) is 16.3 Å². The van der Waals surface area contributed by atoms with Gasteiger partial charge in [-0.1, -0.05) is 12.1 Å². The Bertz CT molecular complexity index is 483. The summed E-state index contributed by atoms with van der Waals surface area (Å²) < 4.78 is 0. The molecule has 0 aromatic heterocycles. The molecule has 0 fully saturated rings. The lowest BCUT2D eigenvalue weighted by molar-refractivity contribution is -0.116. The van der Waals surface area contributed by atoms with Crippen molar-refractivity contribution in [2.45, 2.75) is 25.7 Å². The predicted molar refractivity (Wildman–Crippen MR) is 82.8 cm³/mol. The molecule has 0 radical (unpaired) electrons. The van der Waals surface area contributed by atoms with E-state index in [1.807, 2.05) is 7.05 Å². The number of hydrogen-bond acceptors (Lipinski definition) is 4. The number of carbonyl (C=O) groups is 1. The van der Waals surface area contributed by atoms with E-state index in [9.17, 15) is 4.79 Å². The Morgan fingerprint density at radius 1 is 1.29 bits per heavy atom. The minimum absolute atomic E-state index is 0.0834. The molecule has 1 aromatic rings. The predicted octanol–water partition coefficient (Wildman–Crippen LogP) is 1.98. The van der Waals surface area contributed by atoms with Gasteiger partial charge in [0, 0.05) is 19.6 Å². The van der Waals surface area contributed by atoms with Gasteiger partial charge < -0.3 is 15.3 Å². The summed E-state index contributed by atoms with van der Waals surface area (Å²) in [5.74, 6) is -0.0834. The molecule has 1 amide bonds. The molecular weight excluding hydrogens is 266 g/mol. The molecule has 0 unspecified atom stereocenters. The van der Waals surface area contributed by atoms with Crippen molar-refractivity contribution in [1.82, 2.24) is 4.90 Å². The molecule has 21 heavy (non-hydrogen) atoms. The summed E-state index contributed by atoms with van der Waals surface area (Å²) in [6.45, 7) is 1.84. The lowest BCUT2D eigenvalue weighted by atomic mass is 10.2. The zero-order chi connectivity index (χ0) is 15.5. The Balaban J connectivity index is 2.29. The maximum Gasteiger partial charge on any atom is 0.225 e. The molecule has 0 saturated heterocycles. The summed E-state index contributed by atoms with van der Waals surface area (Å²) in [6.07, 6.45) is 3.26. The Morgan fingerprint density at radius 3 is 2.76 bits per heavy atom. The molecule has 2 N–H and O–H groups in total. The topological polar surface area (TPSA) is 76.4 Å². The fourth-order valence-corrected chi connectivity index (χ4v) is 1.98. The molecule has 1 aromatic carbocycles. The van der Waals surface area contributed by atoms with Crippen LogP contribution in [0.4, 0.5) is 5.69 Å². The third-order valence-corrected chi connectivity index (χ3v) is 3.24. The fourth-order valence-electron chi connectivity index (χ4n) is 1.98. The van der Waals surface area contributed by atoms with Gasteiger partial charge >= 0.3 is 0 Å². The van der Waals surface area contributed by atoms with Gasteiger partial charge in [0.05, 0.1) is 11.3 Å². The monoisotopic (exact) mass is 289 g/mol. The standard InChI is InChI=1S/C16H23N3O2/c1-19(10-5-2-6-12-20)11-9-16(21)18-15-8-4-3-7-14(15)13-17/h3-4,7-8,20H,2,5-6,9-12H2,1H3,(H,18,21). The van der Waals surface area contributed by atoms with Crippen molar-refractivity contribution >= 4 is 11.6 Å². The van der Waals surface area contributed by atoms with Crippen molar-refractivity contribution in [3.05, 3.63) is 29.8 Å². The van der Waals surface area contributed by atoms with E-state index in [0.717, 1.165) is 25.8 Å². The van der Waals surface area contributed by atoms with Crippen LogP contribution in [0, 0.1) is 11.3 Å². The van der Waals surface area contributed by atoms with E-state index in [4.69, 9.17) is 10.4 Å². The Hall–Kier alpha value is -1.90. The third-order valence-electron chi connectivity index (χ3n) is 3.24. The first-order valence-corrected chi connectivity index (χ1v) is 7.25. The third kappa shape index (κ3) is 6.89. The molecule has 0 bridgehead atoms. The number of aliphatic hydroxyl groups excluding tert-OH is 1. The van der Waals surface area contributed by atoms with Crippen LogP contribution in [0.2, 0.25) is 0 Å². The SMILES string of the molecule is CN(CCCCCO)CCC(=O)Nc1ccccc1C#N. The molecule has 0 heterocycles. The van der Waals surface area contributed by atoms with Gasteiger partial charge in [0.15, 0.2) is 0 Å². The molecular formula is C16H23N3O2. The number of aliphatic hydroxyl groups is 1. The highest BCUT2D eigenvalue weighted by molar-refractivity contribution is 5.92. The van der Waals surface area contributed by atoms with Crippen LogP contribution in [0.25, 0.3) is 0 Å². The molecule has 114 valence electrons. The molecule has 0 saturated carbocycles. The summed E-state index contributed by atoms with van der Waals surface area (Å²) in [5.41, 5.74) is 1.04.